The minimum Gasteiger partial charge on any atom is -0.380 e. The fourth-order valence-corrected chi connectivity index (χ4v) is 2.15. The van der Waals surface area contributed by atoms with Crippen molar-refractivity contribution in [1.29, 1.82) is 0 Å². The van der Waals surface area contributed by atoms with E-state index in [9.17, 15) is 4.79 Å². The van der Waals surface area contributed by atoms with Gasteiger partial charge in [-0.3, -0.25) is 4.79 Å². The van der Waals surface area contributed by atoms with E-state index in [4.69, 9.17) is 4.74 Å². The number of amides is 1. The van der Waals surface area contributed by atoms with Crippen LogP contribution in [-0.2, 0) is 11.8 Å². The third kappa shape index (κ3) is 3.85. The van der Waals surface area contributed by atoms with Gasteiger partial charge in [0.1, 0.15) is 5.69 Å². The van der Waals surface area contributed by atoms with E-state index in [1.807, 2.05) is 37.7 Å². The Bertz CT molecular complexity index is 377. The van der Waals surface area contributed by atoms with Gasteiger partial charge in [0.05, 0.1) is 6.61 Å². The van der Waals surface area contributed by atoms with Gasteiger partial charge < -0.3 is 14.2 Å². The number of hydrogen-bond acceptors (Lipinski definition) is 2. The lowest BCUT2D eigenvalue weighted by Crippen LogP contribution is -2.34. The topological polar surface area (TPSA) is 34.5 Å². The van der Waals surface area contributed by atoms with Crippen LogP contribution in [0.15, 0.2) is 16.7 Å². The van der Waals surface area contributed by atoms with Crippen LogP contribution in [-0.4, -0.2) is 41.7 Å². The van der Waals surface area contributed by atoms with E-state index < -0.39 is 0 Å². The van der Waals surface area contributed by atoms with Crippen molar-refractivity contribution in [3.63, 3.8) is 0 Å². The molecule has 0 N–H and O–H groups in total. The Kier molecular flexibility index (Phi) is 5.71. The molecule has 0 atom stereocenters. The maximum atomic E-state index is 12.2. The highest BCUT2D eigenvalue weighted by atomic mass is 79.9. The van der Waals surface area contributed by atoms with Crippen molar-refractivity contribution >= 4 is 21.8 Å². The van der Waals surface area contributed by atoms with Crippen molar-refractivity contribution < 1.29 is 9.53 Å². The second-order valence-electron chi connectivity index (χ2n) is 3.74. The molecule has 17 heavy (non-hydrogen) atoms. The summed E-state index contributed by atoms with van der Waals surface area (Å²) in [6, 6.07) is 1.84. The Morgan fingerprint density at radius 2 is 2.24 bits per heavy atom. The Balaban J connectivity index is 2.68. The van der Waals surface area contributed by atoms with Crippen LogP contribution in [0.5, 0.6) is 0 Å². The van der Waals surface area contributed by atoms with E-state index in [1.54, 1.807) is 4.90 Å². The van der Waals surface area contributed by atoms with Gasteiger partial charge in [-0.2, -0.15) is 0 Å². The molecular weight excluding hydrogens is 284 g/mol. The van der Waals surface area contributed by atoms with Crippen LogP contribution in [0.1, 0.15) is 24.3 Å². The van der Waals surface area contributed by atoms with Crippen LogP contribution >= 0.6 is 15.9 Å². The molecule has 0 spiro atoms. The number of aromatic nitrogens is 1. The lowest BCUT2D eigenvalue weighted by molar-refractivity contribution is 0.0660. The number of carbonyl (C=O) groups is 1. The number of rotatable bonds is 6. The van der Waals surface area contributed by atoms with E-state index >= 15 is 0 Å². The first-order chi connectivity index (χ1) is 8.10. The van der Waals surface area contributed by atoms with Crippen molar-refractivity contribution in [2.24, 2.45) is 7.05 Å². The number of carbonyl (C=O) groups excluding carboxylic acids is 1. The maximum absolute atomic E-state index is 12.2. The van der Waals surface area contributed by atoms with Crippen LogP contribution in [0.2, 0.25) is 0 Å². The summed E-state index contributed by atoms with van der Waals surface area (Å²) in [5.41, 5.74) is 0.690. The number of aryl methyl sites for hydroxylation is 1. The summed E-state index contributed by atoms with van der Waals surface area (Å²) >= 11 is 3.37. The Labute approximate surface area is 111 Å². The number of ether oxygens (including phenoxy) is 1. The zero-order valence-corrected chi connectivity index (χ0v) is 12.2. The van der Waals surface area contributed by atoms with Crippen LogP contribution in [0.25, 0.3) is 0 Å². The van der Waals surface area contributed by atoms with Crippen molar-refractivity contribution in [2.75, 3.05) is 26.3 Å². The Hall–Kier alpha value is -0.810. The quantitative estimate of drug-likeness (QED) is 0.756. The van der Waals surface area contributed by atoms with E-state index in [2.05, 4.69) is 15.9 Å². The molecule has 1 amide bonds. The van der Waals surface area contributed by atoms with Crippen LogP contribution in [0.4, 0.5) is 0 Å². The van der Waals surface area contributed by atoms with Crippen LogP contribution in [0.3, 0.4) is 0 Å². The molecule has 0 aliphatic carbocycles. The summed E-state index contributed by atoms with van der Waals surface area (Å²) in [7, 11) is 1.87. The van der Waals surface area contributed by atoms with Crippen molar-refractivity contribution in [3.05, 3.63) is 22.4 Å². The molecule has 0 radical (unpaired) electrons. The monoisotopic (exact) mass is 302 g/mol. The SMILES string of the molecule is CCOCCN(CC)C(=O)c1cc(Br)cn1C. The predicted molar refractivity (Wildman–Crippen MR) is 71.2 cm³/mol. The highest BCUT2D eigenvalue weighted by molar-refractivity contribution is 9.10. The molecule has 1 heterocycles. The number of halogens is 1. The zero-order valence-electron chi connectivity index (χ0n) is 10.6. The Morgan fingerprint density at radius 1 is 1.53 bits per heavy atom. The van der Waals surface area contributed by atoms with Gasteiger partial charge in [0.25, 0.3) is 5.91 Å². The molecule has 1 aromatic heterocycles. The van der Waals surface area contributed by atoms with Crippen LogP contribution in [0, 0.1) is 0 Å². The summed E-state index contributed by atoms with van der Waals surface area (Å²) in [4.78, 5) is 14.0. The summed E-state index contributed by atoms with van der Waals surface area (Å²) in [5.74, 6) is 0.0420. The van der Waals surface area contributed by atoms with Gasteiger partial charge in [-0.05, 0) is 35.8 Å². The van der Waals surface area contributed by atoms with Crippen molar-refractivity contribution in [1.82, 2.24) is 9.47 Å². The second kappa shape index (κ2) is 6.81. The first-order valence-electron chi connectivity index (χ1n) is 5.79. The molecule has 0 aromatic carbocycles. The molecule has 0 bridgehead atoms. The van der Waals surface area contributed by atoms with E-state index in [-0.39, 0.29) is 5.91 Å². The average molecular weight is 303 g/mol. The fraction of sp³-hybridized carbons (Fsp3) is 0.583. The molecule has 0 aliphatic rings. The molecular formula is C12H19BrN2O2. The van der Waals surface area contributed by atoms with Gasteiger partial charge in [-0.1, -0.05) is 0 Å². The van der Waals surface area contributed by atoms with Crippen LogP contribution < -0.4 is 0 Å². The van der Waals surface area contributed by atoms with E-state index in [0.29, 0.717) is 32.0 Å². The fourth-order valence-electron chi connectivity index (χ4n) is 1.62. The largest absolute Gasteiger partial charge is 0.380 e. The van der Waals surface area contributed by atoms with Crippen molar-refractivity contribution in [3.8, 4) is 0 Å². The lowest BCUT2D eigenvalue weighted by atomic mass is 10.3. The highest BCUT2D eigenvalue weighted by Gasteiger charge is 2.17. The summed E-state index contributed by atoms with van der Waals surface area (Å²) in [6.45, 7) is 6.51. The summed E-state index contributed by atoms with van der Waals surface area (Å²) in [5, 5.41) is 0. The number of hydrogen-bond donors (Lipinski definition) is 0. The molecule has 4 nitrogen and oxygen atoms in total. The first kappa shape index (κ1) is 14.3. The smallest absolute Gasteiger partial charge is 0.270 e. The first-order valence-corrected chi connectivity index (χ1v) is 6.58. The van der Waals surface area contributed by atoms with Gasteiger partial charge in [0, 0.05) is 37.4 Å². The zero-order chi connectivity index (χ0) is 12.8. The highest BCUT2D eigenvalue weighted by Crippen LogP contribution is 2.15. The molecule has 0 unspecified atom stereocenters. The van der Waals surface area contributed by atoms with Gasteiger partial charge in [0.2, 0.25) is 0 Å². The third-order valence-corrected chi connectivity index (χ3v) is 3.00. The third-order valence-electron chi connectivity index (χ3n) is 2.57. The molecule has 0 aliphatic heterocycles. The Morgan fingerprint density at radius 3 is 2.71 bits per heavy atom. The summed E-state index contributed by atoms with van der Waals surface area (Å²) < 4.78 is 8.03. The predicted octanol–water partition coefficient (Wildman–Crippen LogP) is 2.29. The minimum absolute atomic E-state index is 0.0420. The van der Waals surface area contributed by atoms with E-state index in [1.165, 1.54) is 0 Å². The number of likely N-dealkylation sites (N-methyl/N-ethyl adjacent to an activating group) is 1. The van der Waals surface area contributed by atoms with Gasteiger partial charge in [-0.25, -0.2) is 0 Å². The normalized spacial score (nSPS) is 10.6. The summed E-state index contributed by atoms with van der Waals surface area (Å²) in [6.07, 6.45) is 1.88. The number of nitrogens with zero attached hydrogens (tertiary/aromatic N) is 2. The molecule has 96 valence electrons. The van der Waals surface area contributed by atoms with E-state index in [0.717, 1.165) is 4.47 Å². The van der Waals surface area contributed by atoms with Gasteiger partial charge in [0.15, 0.2) is 0 Å². The van der Waals surface area contributed by atoms with Crippen molar-refractivity contribution in [2.45, 2.75) is 13.8 Å². The molecule has 1 rings (SSSR count). The second-order valence-corrected chi connectivity index (χ2v) is 4.65. The molecule has 0 saturated carbocycles. The lowest BCUT2D eigenvalue weighted by Gasteiger charge is -2.20. The van der Waals surface area contributed by atoms with Gasteiger partial charge in [-0.15, -0.1) is 0 Å². The molecule has 0 saturated heterocycles. The molecule has 1 aromatic rings. The maximum Gasteiger partial charge on any atom is 0.270 e. The average Bonchev–Trinajstić information content (AvgIpc) is 2.63. The molecule has 0 fully saturated rings. The standard InChI is InChI=1S/C12H19BrN2O2/c1-4-15(6-7-17-5-2)12(16)11-8-10(13)9-14(11)3/h8-9H,4-7H2,1-3H3. The van der Waals surface area contributed by atoms with Gasteiger partial charge >= 0.3 is 0 Å². The molecule has 5 heteroatoms. The minimum atomic E-state index is 0.0420.